The normalized spacial score (nSPS) is 13.0. The van der Waals surface area contributed by atoms with Crippen molar-refractivity contribution in [3.8, 4) is 0 Å². The first-order valence-corrected chi connectivity index (χ1v) is 7.68. The van der Waals surface area contributed by atoms with Crippen LogP contribution in [0.4, 0.5) is 0 Å². The Kier molecular flexibility index (Phi) is 6.73. The second-order valence-corrected chi connectivity index (χ2v) is 6.56. The maximum atomic E-state index is 12.1. The van der Waals surface area contributed by atoms with Crippen molar-refractivity contribution >= 4 is 21.7 Å². The van der Waals surface area contributed by atoms with Crippen LogP contribution in [0.2, 0.25) is 0 Å². The van der Waals surface area contributed by atoms with E-state index in [0.29, 0.717) is 18.4 Å². The molecule has 0 aromatic heterocycles. The maximum Gasteiger partial charge on any atom is 0.164 e. The highest BCUT2D eigenvalue weighted by atomic mass is 79.9. The van der Waals surface area contributed by atoms with Gasteiger partial charge in [0, 0.05) is 29.0 Å². The Hall–Kier alpha value is -0.670. The Morgan fingerprint density at radius 1 is 1.32 bits per heavy atom. The van der Waals surface area contributed by atoms with Crippen LogP contribution in [0, 0.1) is 5.92 Å². The van der Waals surface area contributed by atoms with E-state index in [4.69, 9.17) is 0 Å². The van der Waals surface area contributed by atoms with Gasteiger partial charge in [0.1, 0.15) is 0 Å². The van der Waals surface area contributed by atoms with Crippen molar-refractivity contribution in [1.29, 1.82) is 0 Å². The van der Waals surface area contributed by atoms with E-state index < -0.39 is 0 Å². The summed E-state index contributed by atoms with van der Waals surface area (Å²) in [6.07, 6.45) is 1.75. The van der Waals surface area contributed by atoms with Crippen LogP contribution in [0.15, 0.2) is 28.7 Å². The Balaban J connectivity index is 2.46. The molecule has 19 heavy (non-hydrogen) atoms. The fraction of sp³-hybridized carbons (Fsp3) is 0.562. The lowest BCUT2D eigenvalue weighted by atomic mass is 10.0. The molecule has 0 aliphatic carbocycles. The smallest absolute Gasteiger partial charge is 0.164 e. The van der Waals surface area contributed by atoms with Crippen molar-refractivity contribution in [2.45, 2.75) is 39.7 Å². The van der Waals surface area contributed by atoms with Gasteiger partial charge in [-0.05, 0) is 38.4 Å². The Morgan fingerprint density at radius 3 is 2.58 bits per heavy atom. The Labute approximate surface area is 125 Å². The Bertz CT molecular complexity index is 417. The molecule has 1 atom stereocenters. The predicted octanol–water partition coefficient (Wildman–Crippen LogP) is 4.39. The monoisotopic (exact) mass is 325 g/mol. The zero-order valence-corrected chi connectivity index (χ0v) is 13.9. The summed E-state index contributed by atoms with van der Waals surface area (Å²) < 4.78 is 0.958. The molecule has 0 saturated carbocycles. The van der Waals surface area contributed by atoms with Crippen LogP contribution in [0.3, 0.4) is 0 Å². The Morgan fingerprint density at radius 2 is 2.00 bits per heavy atom. The summed E-state index contributed by atoms with van der Waals surface area (Å²) in [6.45, 7) is 7.51. The molecule has 0 radical (unpaired) electrons. The summed E-state index contributed by atoms with van der Waals surface area (Å²) in [7, 11) is 2.10. The summed E-state index contributed by atoms with van der Waals surface area (Å²) in [5, 5.41) is 0. The molecule has 0 N–H and O–H groups in total. The third kappa shape index (κ3) is 5.87. The van der Waals surface area contributed by atoms with E-state index in [1.165, 1.54) is 6.42 Å². The third-order valence-corrected chi connectivity index (χ3v) is 3.90. The first-order chi connectivity index (χ1) is 8.90. The molecule has 0 fully saturated rings. The van der Waals surface area contributed by atoms with Crippen molar-refractivity contribution in [1.82, 2.24) is 4.90 Å². The van der Waals surface area contributed by atoms with Crippen molar-refractivity contribution < 1.29 is 4.79 Å². The predicted molar refractivity (Wildman–Crippen MR) is 84.6 cm³/mol. The van der Waals surface area contributed by atoms with Gasteiger partial charge in [-0.15, -0.1) is 0 Å². The number of rotatable bonds is 7. The van der Waals surface area contributed by atoms with E-state index in [9.17, 15) is 4.79 Å². The molecule has 0 heterocycles. The standard InChI is InChI=1S/C16H24BrNO/c1-12(2)10-13(3)18(4)9-8-16(19)14-6-5-7-15(17)11-14/h5-7,11-13H,8-10H2,1-4H3. The fourth-order valence-corrected chi connectivity index (χ4v) is 2.57. The van der Waals surface area contributed by atoms with Gasteiger partial charge in [0.15, 0.2) is 5.78 Å². The fourth-order valence-electron chi connectivity index (χ4n) is 2.17. The second kappa shape index (κ2) is 7.81. The average Bonchev–Trinajstić information content (AvgIpc) is 2.34. The van der Waals surface area contributed by atoms with Crippen LogP contribution in [-0.2, 0) is 0 Å². The van der Waals surface area contributed by atoms with Gasteiger partial charge in [-0.1, -0.05) is 41.9 Å². The van der Waals surface area contributed by atoms with Crippen molar-refractivity contribution in [2.75, 3.05) is 13.6 Å². The molecule has 1 unspecified atom stereocenters. The minimum atomic E-state index is 0.213. The highest BCUT2D eigenvalue weighted by molar-refractivity contribution is 9.10. The number of hydrogen-bond acceptors (Lipinski definition) is 2. The van der Waals surface area contributed by atoms with Crippen molar-refractivity contribution in [3.63, 3.8) is 0 Å². The summed E-state index contributed by atoms with van der Waals surface area (Å²) in [6, 6.07) is 8.14. The van der Waals surface area contributed by atoms with Crippen LogP contribution in [0.5, 0.6) is 0 Å². The molecule has 0 spiro atoms. The molecule has 0 amide bonds. The summed E-state index contributed by atoms with van der Waals surface area (Å²) >= 11 is 3.40. The van der Waals surface area contributed by atoms with Crippen LogP contribution in [-0.4, -0.2) is 30.3 Å². The summed E-state index contributed by atoms with van der Waals surface area (Å²) in [5.41, 5.74) is 0.791. The second-order valence-electron chi connectivity index (χ2n) is 5.64. The lowest BCUT2D eigenvalue weighted by molar-refractivity contribution is 0.0959. The number of hydrogen-bond donors (Lipinski definition) is 0. The quantitative estimate of drug-likeness (QED) is 0.693. The topological polar surface area (TPSA) is 20.3 Å². The number of ketones is 1. The number of benzene rings is 1. The highest BCUT2D eigenvalue weighted by Crippen LogP contribution is 2.14. The van der Waals surface area contributed by atoms with Crippen LogP contribution < -0.4 is 0 Å². The number of carbonyl (C=O) groups excluding carboxylic acids is 1. The molecule has 0 aliphatic rings. The van der Waals surface area contributed by atoms with Gasteiger partial charge in [-0.25, -0.2) is 0 Å². The van der Waals surface area contributed by atoms with E-state index in [2.05, 4.69) is 48.6 Å². The van der Waals surface area contributed by atoms with Gasteiger partial charge >= 0.3 is 0 Å². The first kappa shape index (κ1) is 16.4. The van der Waals surface area contributed by atoms with Gasteiger partial charge in [0.25, 0.3) is 0 Å². The minimum absolute atomic E-state index is 0.213. The molecule has 106 valence electrons. The van der Waals surface area contributed by atoms with Gasteiger partial charge < -0.3 is 4.90 Å². The molecular formula is C16H24BrNO. The van der Waals surface area contributed by atoms with Gasteiger partial charge in [0.2, 0.25) is 0 Å². The minimum Gasteiger partial charge on any atom is -0.303 e. The largest absolute Gasteiger partial charge is 0.303 e. The molecule has 2 nitrogen and oxygen atoms in total. The number of Topliss-reactive ketones (excluding diaryl/α,β-unsaturated/α-hetero) is 1. The lowest BCUT2D eigenvalue weighted by Gasteiger charge is -2.25. The SMILES string of the molecule is CC(C)CC(C)N(C)CCC(=O)c1cccc(Br)c1. The molecule has 1 rings (SSSR count). The van der Waals surface area contributed by atoms with Crippen molar-refractivity contribution in [2.24, 2.45) is 5.92 Å². The number of nitrogens with zero attached hydrogens (tertiary/aromatic N) is 1. The van der Waals surface area contributed by atoms with Gasteiger partial charge in [-0.2, -0.15) is 0 Å². The average molecular weight is 326 g/mol. The summed E-state index contributed by atoms with van der Waals surface area (Å²) in [5.74, 6) is 0.906. The van der Waals surface area contributed by atoms with Gasteiger partial charge in [0.05, 0.1) is 0 Å². The van der Waals surface area contributed by atoms with Crippen LogP contribution in [0.1, 0.15) is 44.0 Å². The third-order valence-electron chi connectivity index (χ3n) is 3.40. The molecule has 0 saturated heterocycles. The first-order valence-electron chi connectivity index (χ1n) is 6.89. The highest BCUT2D eigenvalue weighted by Gasteiger charge is 2.13. The van der Waals surface area contributed by atoms with Crippen LogP contribution in [0.25, 0.3) is 0 Å². The van der Waals surface area contributed by atoms with Crippen molar-refractivity contribution in [3.05, 3.63) is 34.3 Å². The zero-order valence-electron chi connectivity index (χ0n) is 12.3. The van der Waals surface area contributed by atoms with E-state index in [-0.39, 0.29) is 5.78 Å². The number of carbonyl (C=O) groups is 1. The maximum absolute atomic E-state index is 12.1. The number of halogens is 1. The molecular weight excluding hydrogens is 302 g/mol. The molecule has 0 bridgehead atoms. The zero-order chi connectivity index (χ0) is 14.4. The van der Waals surface area contributed by atoms with E-state index >= 15 is 0 Å². The van der Waals surface area contributed by atoms with E-state index in [0.717, 1.165) is 16.6 Å². The van der Waals surface area contributed by atoms with Crippen LogP contribution >= 0.6 is 15.9 Å². The van der Waals surface area contributed by atoms with E-state index in [1.54, 1.807) is 0 Å². The van der Waals surface area contributed by atoms with E-state index in [1.807, 2.05) is 24.3 Å². The van der Waals surface area contributed by atoms with Gasteiger partial charge in [-0.3, -0.25) is 4.79 Å². The molecule has 0 aliphatic heterocycles. The molecule has 3 heteroatoms. The molecule has 1 aromatic rings. The summed E-state index contributed by atoms with van der Waals surface area (Å²) in [4.78, 5) is 14.4. The molecule has 1 aromatic carbocycles. The lowest BCUT2D eigenvalue weighted by Crippen LogP contribution is -2.32.